The minimum atomic E-state index is -2.23. The van der Waals surface area contributed by atoms with Crippen LogP contribution in [-0.2, 0) is 25.5 Å². The standard InChI is InChI=1S/C26H23NO6/c1-15-13-19-22(27-14-15)25(30)21(23(28)32-3)20(16-7-5-4-6-8-16)26(33-19,24(25)29)17-9-11-18(31-2)12-10-17/h4-14,20-21,30H,1-3H3/t20?,21?,25-,26+/m1/s1. The quantitative estimate of drug-likeness (QED) is 0.617. The smallest absolute Gasteiger partial charge is 0.313 e. The molecule has 2 unspecified atom stereocenters. The van der Waals surface area contributed by atoms with Crippen LogP contribution in [0.4, 0.5) is 0 Å². The highest BCUT2D eigenvalue weighted by molar-refractivity contribution is 6.06. The third-order valence-corrected chi connectivity index (χ3v) is 6.66. The number of aromatic nitrogens is 1. The Balaban J connectivity index is 1.87. The van der Waals surface area contributed by atoms with Crippen molar-refractivity contribution in [2.24, 2.45) is 5.92 Å². The fourth-order valence-corrected chi connectivity index (χ4v) is 5.22. The Bertz CT molecular complexity index is 1240. The van der Waals surface area contributed by atoms with E-state index < -0.39 is 34.8 Å². The Morgan fingerprint density at radius 1 is 1.09 bits per heavy atom. The number of benzene rings is 2. The highest BCUT2D eigenvalue weighted by Crippen LogP contribution is 2.64. The Hall–Kier alpha value is -3.71. The van der Waals surface area contributed by atoms with Gasteiger partial charge in [-0.05, 0) is 36.2 Å². The normalized spacial score (nSPS) is 27.5. The maximum atomic E-state index is 14.2. The summed E-state index contributed by atoms with van der Waals surface area (Å²) in [5.41, 5.74) is -1.92. The van der Waals surface area contributed by atoms with Gasteiger partial charge in [0.05, 0.1) is 20.1 Å². The third kappa shape index (κ3) is 2.75. The van der Waals surface area contributed by atoms with Crippen molar-refractivity contribution in [1.29, 1.82) is 0 Å². The molecule has 3 aromatic rings. The van der Waals surface area contributed by atoms with Crippen molar-refractivity contribution < 1.29 is 28.9 Å². The number of aryl methyl sites for hydroxylation is 1. The van der Waals surface area contributed by atoms with Gasteiger partial charge >= 0.3 is 5.97 Å². The predicted octanol–water partition coefficient (Wildman–Crippen LogP) is 3.03. The molecule has 1 fully saturated rings. The zero-order valence-electron chi connectivity index (χ0n) is 18.4. The molecular weight excluding hydrogens is 422 g/mol. The second kappa shape index (κ2) is 7.42. The maximum Gasteiger partial charge on any atom is 0.313 e. The number of Topliss-reactive ketones (excluding diaryl/α,β-unsaturated/α-hetero) is 1. The monoisotopic (exact) mass is 445 g/mol. The van der Waals surface area contributed by atoms with Crippen LogP contribution < -0.4 is 9.47 Å². The van der Waals surface area contributed by atoms with E-state index in [1.165, 1.54) is 13.3 Å². The summed E-state index contributed by atoms with van der Waals surface area (Å²) in [6.07, 6.45) is 1.54. The molecule has 4 atom stereocenters. The SMILES string of the molecule is COC(=O)C1C(c2ccccc2)[C@]2(c3ccc(OC)cc3)Oc3cc(C)cnc3[C@@]1(O)C2=O. The molecule has 168 valence electrons. The van der Waals surface area contributed by atoms with Gasteiger partial charge in [0.1, 0.15) is 23.1 Å². The van der Waals surface area contributed by atoms with Crippen LogP contribution in [0.25, 0.3) is 0 Å². The number of esters is 1. The molecule has 1 aliphatic heterocycles. The van der Waals surface area contributed by atoms with Crippen molar-refractivity contribution >= 4 is 11.8 Å². The van der Waals surface area contributed by atoms with E-state index in [0.717, 1.165) is 5.56 Å². The molecule has 7 heteroatoms. The highest BCUT2D eigenvalue weighted by atomic mass is 16.5. The minimum absolute atomic E-state index is 0.0241. The summed E-state index contributed by atoms with van der Waals surface area (Å²) >= 11 is 0. The molecular formula is C26H23NO6. The number of carbonyl (C=O) groups excluding carboxylic acids is 2. The van der Waals surface area contributed by atoms with E-state index in [2.05, 4.69) is 4.98 Å². The van der Waals surface area contributed by atoms with Gasteiger partial charge in [-0.25, -0.2) is 0 Å². The first-order valence-electron chi connectivity index (χ1n) is 10.6. The summed E-state index contributed by atoms with van der Waals surface area (Å²) < 4.78 is 16.9. The van der Waals surface area contributed by atoms with Crippen LogP contribution in [0.2, 0.25) is 0 Å². The lowest BCUT2D eigenvalue weighted by atomic mass is 9.75. The first-order chi connectivity index (χ1) is 15.9. The van der Waals surface area contributed by atoms with E-state index in [0.29, 0.717) is 16.9 Å². The number of rotatable bonds is 4. The van der Waals surface area contributed by atoms with Gasteiger partial charge < -0.3 is 19.3 Å². The Morgan fingerprint density at radius 3 is 2.42 bits per heavy atom. The lowest BCUT2D eigenvalue weighted by molar-refractivity contribution is -0.163. The van der Waals surface area contributed by atoms with Gasteiger partial charge in [0.15, 0.2) is 5.60 Å². The van der Waals surface area contributed by atoms with Crippen LogP contribution in [-0.4, -0.2) is 36.1 Å². The summed E-state index contributed by atoms with van der Waals surface area (Å²) in [5.74, 6) is -2.63. The van der Waals surface area contributed by atoms with Crippen molar-refractivity contribution in [3.63, 3.8) is 0 Å². The van der Waals surface area contributed by atoms with Crippen LogP contribution in [0.15, 0.2) is 66.9 Å². The Morgan fingerprint density at radius 2 is 1.79 bits per heavy atom. The van der Waals surface area contributed by atoms with Gasteiger partial charge in [-0.3, -0.25) is 14.6 Å². The van der Waals surface area contributed by atoms with Crippen molar-refractivity contribution in [2.75, 3.05) is 14.2 Å². The van der Waals surface area contributed by atoms with Crippen LogP contribution in [0.5, 0.6) is 11.5 Å². The van der Waals surface area contributed by atoms with E-state index in [-0.39, 0.29) is 11.4 Å². The summed E-state index contributed by atoms with van der Waals surface area (Å²) in [5, 5.41) is 12.0. The number of hydrogen-bond donors (Lipinski definition) is 1. The van der Waals surface area contributed by atoms with E-state index >= 15 is 0 Å². The summed E-state index contributed by atoms with van der Waals surface area (Å²) in [6.45, 7) is 1.84. The number of nitrogens with zero attached hydrogens (tertiary/aromatic N) is 1. The molecule has 0 spiro atoms. The fraction of sp³-hybridized carbons (Fsp3) is 0.269. The second-order valence-corrected chi connectivity index (χ2v) is 8.41. The van der Waals surface area contributed by atoms with Crippen LogP contribution in [0.3, 0.4) is 0 Å². The van der Waals surface area contributed by atoms with E-state index in [1.807, 2.05) is 37.3 Å². The Labute approximate surface area is 190 Å². The maximum absolute atomic E-state index is 14.2. The molecule has 0 amide bonds. The summed E-state index contributed by atoms with van der Waals surface area (Å²) in [7, 11) is 2.79. The van der Waals surface area contributed by atoms with Crippen LogP contribution in [0, 0.1) is 12.8 Å². The van der Waals surface area contributed by atoms with E-state index in [4.69, 9.17) is 14.2 Å². The lowest BCUT2D eigenvalue weighted by Crippen LogP contribution is -2.51. The topological polar surface area (TPSA) is 95.0 Å². The molecule has 1 aliphatic carbocycles. The van der Waals surface area contributed by atoms with Gasteiger partial charge in [-0.2, -0.15) is 0 Å². The molecule has 0 radical (unpaired) electrons. The van der Waals surface area contributed by atoms with E-state index in [1.54, 1.807) is 37.4 Å². The first kappa shape index (κ1) is 21.2. The van der Waals surface area contributed by atoms with Crippen molar-refractivity contribution in [1.82, 2.24) is 4.98 Å². The van der Waals surface area contributed by atoms with Gasteiger partial charge in [0, 0.05) is 11.8 Å². The Kier molecular flexibility index (Phi) is 4.76. The van der Waals surface area contributed by atoms with Crippen LogP contribution >= 0.6 is 0 Å². The van der Waals surface area contributed by atoms with E-state index in [9.17, 15) is 14.7 Å². The molecule has 2 bridgehead atoms. The lowest BCUT2D eigenvalue weighted by Gasteiger charge is -2.39. The molecule has 2 aliphatic rings. The number of ketones is 1. The van der Waals surface area contributed by atoms with Gasteiger partial charge in [0.2, 0.25) is 11.4 Å². The number of aliphatic hydroxyl groups is 1. The number of fused-ring (bicyclic) bond motifs is 4. The molecule has 2 heterocycles. The zero-order valence-corrected chi connectivity index (χ0v) is 18.4. The minimum Gasteiger partial charge on any atom is -0.497 e. The predicted molar refractivity (Wildman–Crippen MR) is 118 cm³/mol. The van der Waals surface area contributed by atoms with Crippen molar-refractivity contribution in [3.05, 3.63) is 89.2 Å². The molecule has 33 heavy (non-hydrogen) atoms. The average Bonchev–Trinajstić information content (AvgIpc) is 2.97. The molecule has 1 N–H and O–H groups in total. The number of hydrogen-bond acceptors (Lipinski definition) is 7. The average molecular weight is 445 g/mol. The van der Waals surface area contributed by atoms with Crippen molar-refractivity contribution in [3.8, 4) is 11.5 Å². The molecule has 1 aromatic heterocycles. The van der Waals surface area contributed by atoms with Crippen LogP contribution in [0.1, 0.15) is 28.3 Å². The first-order valence-corrected chi connectivity index (χ1v) is 10.6. The van der Waals surface area contributed by atoms with Crippen molar-refractivity contribution in [2.45, 2.75) is 24.0 Å². The molecule has 2 aromatic carbocycles. The van der Waals surface area contributed by atoms with Gasteiger partial charge in [-0.1, -0.05) is 42.5 Å². The number of ether oxygens (including phenoxy) is 3. The number of carbonyl (C=O) groups is 2. The molecule has 1 saturated carbocycles. The summed E-state index contributed by atoms with van der Waals surface area (Å²) in [6, 6.07) is 17.7. The highest BCUT2D eigenvalue weighted by Gasteiger charge is 2.77. The number of methoxy groups -OCH3 is 2. The molecule has 5 rings (SSSR count). The van der Waals surface area contributed by atoms with Gasteiger partial charge in [-0.15, -0.1) is 0 Å². The fourth-order valence-electron chi connectivity index (χ4n) is 5.22. The zero-order chi connectivity index (χ0) is 23.4. The second-order valence-electron chi connectivity index (χ2n) is 8.41. The largest absolute Gasteiger partial charge is 0.497 e. The van der Waals surface area contributed by atoms with Gasteiger partial charge in [0.25, 0.3) is 0 Å². The molecule has 7 nitrogen and oxygen atoms in total. The number of pyridine rings is 1. The summed E-state index contributed by atoms with van der Waals surface area (Å²) in [4.78, 5) is 31.7. The third-order valence-electron chi connectivity index (χ3n) is 6.66. The molecule has 0 saturated heterocycles.